The Morgan fingerprint density at radius 1 is 1.35 bits per heavy atom. The Kier molecular flexibility index (Phi) is 4.48. The third-order valence-electron chi connectivity index (χ3n) is 4.52. The number of benzene rings is 1. The zero-order valence-electron chi connectivity index (χ0n) is 13.6. The van der Waals surface area contributed by atoms with Crippen LogP contribution in [0.25, 0.3) is 11.0 Å². The molecule has 1 N–H and O–H groups in total. The molecule has 1 aromatic heterocycles. The van der Waals surface area contributed by atoms with Crippen LogP contribution in [-0.4, -0.2) is 29.9 Å². The minimum absolute atomic E-state index is 0.0342. The maximum absolute atomic E-state index is 12.3. The number of amides is 1. The maximum atomic E-state index is 12.3. The first kappa shape index (κ1) is 15.7. The van der Waals surface area contributed by atoms with Crippen molar-refractivity contribution in [3.05, 3.63) is 40.2 Å². The Bertz CT molecular complexity index is 781. The number of rotatable bonds is 3. The lowest BCUT2D eigenvalue weighted by atomic mass is 10.0. The van der Waals surface area contributed by atoms with E-state index in [1.165, 1.54) is 12.5 Å². The first-order valence-corrected chi connectivity index (χ1v) is 8.11. The molecule has 2 aromatic rings. The van der Waals surface area contributed by atoms with E-state index in [9.17, 15) is 9.59 Å². The van der Waals surface area contributed by atoms with E-state index in [4.69, 9.17) is 4.42 Å². The Balaban J connectivity index is 1.73. The standard InChI is InChI=1S/C18H22N2O3/c1-12-9-18(22)23-16-10-14(6-7-15(12)16)19-17(21)11-20-8-4-3-5-13(20)2/h6-7,9-10,13H,3-5,8,11H2,1-2H3,(H,19,21). The molecule has 1 amide bonds. The van der Waals surface area contributed by atoms with Crippen molar-refractivity contribution >= 4 is 22.6 Å². The van der Waals surface area contributed by atoms with E-state index in [1.807, 2.05) is 19.1 Å². The first-order chi connectivity index (χ1) is 11.0. The van der Waals surface area contributed by atoms with Gasteiger partial charge in [0, 0.05) is 29.2 Å². The van der Waals surface area contributed by atoms with E-state index < -0.39 is 0 Å². The Labute approximate surface area is 135 Å². The Morgan fingerprint density at radius 3 is 2.96 bits per heavy atom. The highest BCUT2D eigenvalue weighted by atomic mass is 16.4. The van der Waals surface area contributed by atoms with Gasteiger partial charge in [-0.15, -0.1) is 0 Å². The molecule has 5 heteroatoms. The summed E-state index contributed by atoms with van der Waals surface area (Å²) >= 11 is 0. The van der Waals surface area contributed by atoms with Gasteiger partial charge in [-0.25, -0.2) is 4.79 Å². The summed E-state index contributed by atoms with van der Waals surface area (Å²) in [6.07, 6.45) is 3.54. The van der Waals surface area contributed by atoms with Crippen LogP contribution in [0.5, 0.6) is 0 Å². The average molecular weight is 314 g/mol. The quantitative estimate of drug-likeness (QED) is 0.885. The highest BCUT2D eigenvalue weighted by Gasteiger charge is 2.20. The van der Waals surface area contributed by atoms with Crippen LogP contribution < -0.4 is 10.9 Å². The molecule has 1 unspecified atom stereocenters. The zero-order valence-corrected chi connectivity index (χ0v) is 13.6. The molecule has 1 aliphatic rings. The van der Waals surface area contributed by atoms with Gasteiger partial charge in [-0.2, -0.15) is 0 Å². The van der Waals surface area contributed by atoms with Crippen LogP contribution in [-0.2, 0) is 4.79 Å². The minimum Gasteiger partial charge on any atom is -0.423 e. The maximum Gasteiger partial charge on any atom is 0.336 e. The fourth-order valence-corrected chi connectivity index (χ4v) is 3.18. The van der Waals surface area contributed by atoms with Crippen molar-refractivity contribution in [2.24, 2.45) is 0 Å². The van der Waals surface area contributed by atoms with Crippen molar-refractivity contribution < 1.29 is 9.21 Å². The van der Waals surface area contributed by atoms with Crippen LogP contribution in [0, 0.1) is 6.92 Å². The number of piperidine rings is 1. The van der Waals surface area contributed by atoms with Crippen LogP contribution in [0.4, 0.5) is 5.69 Å². The summed E-state index contributed by atoms with van der Waals surface area (Å²) in [5.41, 5.74) is 1.65. The molecule has 1 aromatic carbocycles. The predicted octanol–water partition coefficient (Wildman–Crippen LogP) is 2.91. The Morgan fingerprint density at radius 2 is 2.17 bits per heavy atom. The van der Waals surface area contributed by atoms with Crippen molar-refractivity contribution in [3.63, 3.8) is 0 Å². The van der Waals surface area contributed by atoms with Gasteiger partial charge in [-0.3, -0.25) is 9.69 Å². The molecule has 3 rings (SSSR count). The third-order valence-corrected chi connectivity index (χ3v) is 4.52. The molecule has 0 spiro atoms. The van der Waals surface area contributed by atoms with Gasteiger partial charge in [0.1, 0.15) is 5.58 Å². The molecule has 0 saturated carbocycles. The molecule has 1 aliphatic heterocycles. The summed E-state index contributed by atoms with van der Waals surface area (Å²) in [4.78, 5) is 25.9. The van der Waals surface area contributed by atoms with Gasteiger partial charge in [0.05, 0.1) is 6.54 Å². The molecule has 0 bridgehead atoms. The molecular formula is C18H22N2O3. The van der Waals surface area contributed by atoms with E-state index in [0.29, 0.717) is 23.9 Å². The second kappa shape index (κ2) is 6.54. The lowest BCUT2D eigenvalue weighted by Gasteiger charge is -2.32. The van der Waals surface area contributed by atoms with Crippen molar-refractivity contribution in [1.29, 1.82) is 0 Å². The molecule has 23 heavy (non-hydrogen) atoms. The average Bonchev–Trinajstić information content (AvgIpc) is 2.49. The number of likely N-dealkylation sites (tertiary alicyclic amines) is 1. The number of anilines is 1. The number of hydrogen-bond acceptors (Lipinski definition) is 4. The zero-order chi connectivity index (χ0) is 16.4. The number of fused-ring (bicyclic) bond motifs is 1. The smallest absolute Gasteiger partial charge is 0.336 e. The van der Waals surface area contributed by atoms with E-state index in [-0.39, 0.29) is 11.5 Å². The summed E-state index contributed by atoms with van der Waals surface area (Å²) in [5, 5.41) is 3.78. The van der Waals surface area contributed by atoms with Crippen LogP contribution in [0.3, 0.4) is 0 Å². The molecule has 122 valence electrons. The molecule has 0 radical (unpaired) electrons. The van der Waals surface area contributed by atoms with Gasteiger partial charge < -0.3 is 9.73 Å². The van der Waals surface area contributed by atoms with Gasteiger partial charge >= 0.3 is 5.63 Å². The number of carbonyl (C=O) groups is 1. The van der Waals surface area contributed by atoms with Crippen molar-refractivity contribution in [3.8, 4) is 0 Å². The van der Waals surface area contributed by atoms with E-state index >= 15 is 0 Å². The minimum atomic E-state index is -0.374. The number of hydrogen-bond donors (Lipinski definition) is 1. The summed E-state index contributed by atoms with van der Waals surface area (Å²) in [7, 11) is 0. The monoisotopic (exact) mass is 314 g/mol. The largest absolute Gasteiger partial charge is 0.423 e. The molecule has 5 nitrogen and oxygen atoms in total. The van der Waals surface area contributed by atoms with Gasteiger partial charge in [-0.1, -0.05) is 6.42 Å². The fourth-order valence-electron chi connectivity index (χ4n) is 3.18. The highest BCUT2D eigenvalue weighted by Crippen LogP contribution is 2.21. The molecule has 1 saturated heterocycles. The second-order valence-electron chi connectivity index (χ2n) is 6.32. The summed E-state index contributed by atoms with van der Waals surface area (Å²) < 4.78 is 5.21. The van der Waals surface area contributed by atoms with Crippen LogP contribution in [0.15, 0.2) is 33.5 Å². The van der Waals surface area contributed by atoms with E-state index in [2.05, 4.69) is 17.1 Å². The highest BCUT2D eigenvalue weighted by molar-refractivity contribution is 5.94. The van der Waals surface area contributed by atoms with E-state index in [1.54, 1.807) is 6.07 Å². The van der Waals surface area contributed by atoms with Gasteiger partial charge in [0.15, 0.2) is 0 Å². The Hall–Kier alpha value is -2.14. The van der Waals surface area contributed by atoms with Crippen molar-refractivity contribution in [2.75, 3.05) is 18.4 Å². The molecule has 0 aliphatic carbocycles. The summed E-state index contributed by atoms with van der Waals surface area (Å²) in [6.45, 7) is 5.41. The van der Waals surface area contributed by atoms with Crippen molar-refractivity contribution in [1.82, 2.24) is 4.90 Å². The third kappa shape index (κ3) is 3.62. The fraction of sp³-hybridized carbons (Fsp3) is 0.444. The predicted molar refractivity (Wildman–Crippen MR) is 90.7 cm³/mol. The lowest BCUT2D eigenvalue weighted by molar-refractivity contribution is -0.118. The molecule has 2 heterocycles. The second-order valence-corrected chi connectivity index (χ2v) is 6.32. The summed E-state index contributed by atoms with van der Waals surface area (Å²) in [5.74, 6) is -0.0342. The van der Waals surface area contributed by atoms with Crippen molar-refractivity contribution in [2.45, 2.75) is 39.2 Å². The molecular weight excluding hydrogens is 292 g/mol. The normalized spacial score (nSPS) is 19.0. The topological polar surface area (TPSA) is 62.6 Å². The number of nitrogens with one attached hydrogen (secondary N) is 1. The van der Waals surface area contributed by atoms with Gasteiger partial charge in [0.2, 0.25) is 5.91 Å². The molecule has 1 fully saturated rings. The summed E-state index contributed by atoms with van der Waals surface area (Å²) in [6, 6.07) is 7.34. The van der Waals surface area contributed by atoms with Crippen LogP contribution in [0.2, 0.25) is 0 Å². The van der Waals surface area contributed by atoms with Gasteiger partial charge in [-0.05, 0) is 50.9 Å². The van der Waals surface area contributed by atoms with Gasteiger partial charge in [0.25, 0.3) is 0 Å². The number of carbonyl (C=O) groups excluding carboxylic acids is 1. The van der Waals surface area contributed by atoms with Crippen LogP contribution in [0.1, 0.15) is 31.7 Å². The lowest BCUT2D eigenvalue weighted by Crippen LogP contribution is -2.42. The SMILES string of the molecule is Cc1cc(=O)oc2cc(NC(=O)CN3CCCCC3C)ccc12. The number of aryl methyl sites for hydroxylation is 1. The first-order valence-electron chi connectivity index (χ1n) is 8.11. The molecule has 1 atom stereocenters. The number of nitrogens with zero attached hydrogens (tertiary/aromatic N) is 1. The van der Waals surface area contributed by atoms with Crippen LogP contribution >= 0.6 is 0 Å². The van der Waals surface area contributed by atoms with E-state index in [0.717, 1.165) is 30.3 Å².